The summed E-state index contributed by atoms with van der Waals surface area (Å²) >= 11 is 0. The summed E-state index contributed by atoms with van der Waals surface area (Å²) in [6, 6.07) is 12.9. The fraction of sp³-hybridized carbons (Fsp3) is 0.296. The maximum atomic E-state index is 14.7. The van der Waals surface area contributed by atoms with Gasteiger partial charge in [-0.2, -0.15) is 0 Å². The second-order valence-corrected chi connectivity index (χ2v) is 9.31. The molecular weight excluding hydrogens is 473 g/mol. The minimum Gasteiger partial charge on any atom is -0.359 e. The molecule has 0 spiro atoms. The Morgan fingerprint density at radius 1 is 1.05 bits per heavy atom. The molecule has 9 nitrogen and oxygen atoms in total. The van der Waals surface area contributed by atoms with Gasteiger partial charge in [0.05, 0.1) is 23.9 Å². The van der Waals surface area contributed by atoms with Gasteiger partial charge in [0.1, 0.15) is 40.6 Å². The molecule has 2 aromatic carbocycles. The van der Waals surface area contributed by atoms with E-state index in [1.165, 1.54) is 23.0 Å². The van der Waals surface area contributed by atoms with Crippen molar-refractivity contribution in [1.29, 1.82) is 0 Å². The second kappa shape index (κ2) is 9.61. The minimum absolute atomic E-state index is 0.0153. The largest absolute Gasteiger partial charge is 0.359 e. The molecule has 190 valence electrons. The third-order valence-corrected chi connectivity index (χ3v) is 6.57. The second-order valence-electron chi connectivity index (χ2n) is 9.31. The van der Waals surface area contributed by atoms with Crippen LogP contribution in [-0.2, 0) is 0 Å². The molecule has 0 saturated carbocycles. The van der Waals surface area contributed by atoms with E-state index in [2.05, 4.69) is 15.3 Å². The molecule has 4 aromatic rings. The molecule has 0 aliphatic carbocycles. The van der Waals surface area contributed by atoms with Gasteiger partial charge in [-0.15, -0.1) is 0 Å². The van der Waals surface area contributed by atoms with Crippen molar-refractivity contribution in [2.45, 2.75) is 39.3 Å². The molecule has 1 amide bonds. The number of para-hydroxylation sites is 1. The SMILES string of the molecule is CC[C@H](Nc1ncnc2c1C(=O)N(C(C)C)CN2C)c1nc2cccc(F)c2c(=O)n1-c1ccccc1. The summed E-state index contributed by atoms with van der Waals surface area (Å²) in [5.74, 6) is 0.478. The van der Waals surface area contributed by atoms with Gasteiger partial charge in [0.25, 0.3) is 11.5 Å². The van der Waals surface area contributed by atoms with E-state index >= 15 is 0 Å². The first-order valence-electron chi connectivity index (χ1n) is 12.2. The van der Waals surface area contributed by atoms with Gasteiger partial charge in [-0.3, -0.25) is 14.2 Å². The Bertz CT molecular complexity index is 1540. The summed E-state index contributed by atoms with van der Waals surface area (Å²) in [7, 11) is 1.88. The predicted octanol–water partition coefficient (Wildman–Crippen LogP) is 4.14. The molecule has 1 N–H and O–H groups in total. The Labute approximate surface area is 213 Å². The topological polar surface area (TPSA) is 96.2 Å². The average Bonchev–Trinajstić information content (AvgIpc) is 2.89. The number of anilines is 2. The Hall–Kier alpha value is -4.34. The van der Waals surface area contributed by atoms with E-state index < -0.39 is 17.4 Å². The van der Waals surface area contributed by atoms with Crippen LogP contribution in [0.2, 0.25) is 0 Å². The van der Waals surface area contributed by atoms with Crippen molar-refractivity contribution in [2.24, 2.45) is 0 Å². The Morgan fingerprint density at radius 2 is 1.81 bits per heavy atom. The standard InChI is InChI=1S/C27H28FN7O2/c1-5-19(31-23-22-25(30-14-29-23)33(4)15-34(16(2)3)26(22)36)24-32-20-13-9-12-18(28)21(20)27(37)35(24)17-10-7-6-8-11-17/h6-14,16,19H,5,15H2,1-4H3,(H,29,30,31)/t19-/m0/s1. The van der Waals surface area contributed by atoms with E-state index in [1.807, 2.05) is 38.8 Å². The van der Waals surface area contributed by atoms with Gasteiger partial charge in [0.2, 0.25) is 0 Å². The van der Waals surface area contributed by atoms with Gasteiger partial charge in [0.15, 0.2) is 0 Å². The molecule has 1 aliphatic heterocycles. The van der Waals surface area contributed by atoms with Crippen LogP contribution in [0.15, 0.2) is 59.7 Å². The van der Waals surface area contributed by atoms with Crippen LogP contribution >= 0.6 is 0 Å². The lowest BCUT2D eigenvalue weighted by atomic mass is 10.1. The third-order valence-electron chi connectivity index (χ3n) is 6.57. The van der Waals surface area contributed by atoms with E-state index in [4.69, 9.17) is 4.98 Å². The highest BCUT2D eigenvalue weighted by Crippen LogP contribution is 2.32. The molecule has 0 unspecified atom stereocenters. The summed E-state index contributed by atoms with van der Waals surface area (Å²) in [6.45, 7) is 6.28. The molecule has 1 aliphatic rings. The van der Waals surface area contributed by atoms with Gasteiger partial charge in [-0.05, 0) is 44.5 Å². The Balaban J connectivity index is 1.68. The Morgan fingerprint density at radius 3 is 2.51 bits per heavy atom. The number of carbonyl (C=O) groups excluding carboxylic acids is 1. The van der Waals surface area contributed by atoms with E-state index in [0.717, 1.165) is 0 Å². The molecule has 3 heterocycles. The van der Waals surface area contributed by atoms with Crippen molar-refractivity contribution >= 4 is 28.4 Å². The van der Waals surface area contributed by atoms with Crippen LogP contribution in [0.5, 0.6) is 0 Å². The molecule has 37 heavy (non-hydrogen) atoms. The zero-order chi connectivity index (χ0) is 26.3. The number of nitrogens with zero attached hydrogens (tertiary/aromatic N) is 6. The molecule has 5 rings (SSSR count). The van der Waals surface area contributed by atoms with Crippen molar-refractivity contribution in [2.75, 3.05) is 23.9 Å². The van der Waals surface area contributed by atoms with Crippen LogP contribution in [0.25, 0.3) is 16.6 Å². The molecule has 0 radical (unpaired) electrons. The molecule has 1 atom stereocenters. The van der Waals surface area contributed by atoms with Crippen molar-refractivity contribution in [3.05, 3.63) is 82.4 Å². The van der Waals surface area contributed by atoms with E-state index in [9.17, 15) is 14.0 Å². The lowest BCUT2D eigenvalue weighted by Gasteiger charge is -2.38. The highest BCUT2D eigenvalue weighted by Gasteiger charge is 2.34. The normalized spacial score (nSPS) is 14.3. The van der Waals surface area contributed by atoms with Crippen LogP contribution in [0.3, 0.4) is 0 Å². The lowest BCUT2D eigenvalue weighted by molar-refractivity contribution is 0.0692. The van der Waals surface area contributed by atoms with Gasteiger partial charge < -0.3 is 15.1 Å². The molecule has 0 bridgehead atoms. The number of amides is 1. The van der Waals surface area contributed by atoms with Crippen molar-refractivity contribution in [3.63, 3.8) is 0 Å². The fourth-order valence-corrected chi connectivity index (χ4v) is 4.65. The van der Waals surface area contributed by atoms with Gasteiger partial charge >= 0.3 is 0 Å². The minimum atomic E-state index is -0.625. The first kappa shape index (κ1) is 24.4. The van der Waals surface area contributed by atoms with Crippen LogP contribution in [0.1, 0.15) is 49.4 Å². The van der Waals surface area contributed by atoms with Crippen molar-refractivity contribution in [1.82, 2.24) is 24.4 Å². The smallest absolute Gasteiger partial charge is 0.269 e. The fourth-order valence-electron chi connectivity index (χ4n) is 4.65. The highest BCUT2D eigenvalue weighted by atomic mass is 19.1. The maximum absolute atomic E-state index is 14.7. The highest BCUT2D eigenvalue weighted by molar-refractivity contribution is 6.05. The van der Waals surface area contributed by atoms with Gasteiger partial charge in [0, 0.05) is 13.1 Å². The lowest BCUT2D eigenvalue weighted by Crippen LogP contribution is -2.49. The third kappa shape index (κ3) is 4.18. The quantitative estimate of drug-likeness (QED) is 0.424. The summed E-state index contributed by atoms with van der Waals surface area (Å²) < 4.78 is 16.2. The summed E-state index contributed by atoms with van der Waals surface area (Å²) in [5.41, 5.74) is 0.686. The number of aromatic nitrogens is 4. The molecule has 10 heteroatoms. The van der Waals surface area contributed by atoms with Crippen LogP contribution in [0, 0.1) is 5.82 Å². The first-order valence-corrected chi connectivity index (χ1v) is 12.2. The van der Waals surface area contributed by atoms with Crippen molar-refractivity contribution < 1.29 is 9.18 Å². The molecule has 0 fully saturated rings. The summed E-state index contributed by atoms with van der Waals surface area (Å²) in [4.78, 5) is 44.3. The molecule has 2 aromatic heterocycles. The van der Waals surface area contributed by atoms with Crippen LogP contribution in [-0.4, -0.2) is 50.1 Å². The van der Waals surface area contributed by atoms with E-state index in [0.29, 0.717) is 41.8 Å². The van der Waals surface area contributed by atoms with Gasteiger partial charge in [-0.25, -0.2) is 19.3 Å². The number of benzene rings is 2. The Kier molecular flexibility index (Phi) is 6.32. The molecule has 0 saturated heterocycles. The number of carbonyl (C=O) groups is 1. The van der Waals surface area contributed by atoms with Crippen LogP contribution in [0.4, 0.5) is 16.0 Å². The summed E-state index contributed by atoms with van der Waals surface area (Å²) in [6.07, 6.45) is 1.92. The monoisotopic (exact) mass is 501 g/mol. The predicted molar refractivity (Wildman–Crippen MR) is 141 cm³/mol. The van der Waals surface area contributed by atoms with E-state index in [-0.39, 0.29) is 22.9 Å². The summed E-state index contributed by atoms with van der Waals surface area (Å²) in [5, 5.41) is 3.28. The average molecular weight is 502 g/mol. The molecular formula is C27H28FN7O2. The van der Waals surface area contributed by atoms with Crippen molar-refractivity contribution in [3.8, 4) is 5.69 Å². The zero-order valence-electron chi connectivity index (χ0n) is 21.1. The maximum Gasteiger partial charge on any atom is 0.269 e. The number of hydrogen-bond acceptors (Lipinski definition) is 7. The number of hydrogen-bond donors (Lipinski definition) is 1. The number of rotatable bonds is 6. The van der Waals surface area contributed by atoms with Gasteiger partial charge in [-0.1, -0.05) is 31.2 Å². The first-order chi connectivity index (χ1) is 17.8. The number of nitrogens with one attached hydrogen (secondary N) is 1. The number of fused-ring (bicyclic) bond motifs is 2. The zero-order valence-corrected chi connectivity index (χ0v) is 21.1. The van der Waals surface area contributed by atoms with E-state index in [1.54, 1.807) is 35.2 Å². The number of halogens is 1. The van der Waals surface area contributed by atoms with Crippen LogP contribution < -0.4 is 15.8 Å².